The van der Waals surface area contributed by atoms with E-state index in [2.05, 4.69) is 10.3 Å². The van der Waals surface area contributed by atoms with Gasteiger partial charge in [-0.2, -0.15) is 0 Å². The molecule has 1 aromatic heterocycles. The van der Waals surface area contributed by atoms with Crippen LogP contribution in [0.5, 0.6) is 0 Å². The molecule has 3 amide bonds. The lowest BCUT2D eigenvalue weighted by molar-refractivity contribution is -0.131. The molecule has 0 bridgehead atoms. The number of nitrogens with zero attached hydrogens (tertiary/aromatic N) is 1. The minimum atomic E-state index is -0.936. The van der Waals surface area contributed by atoms with Crippen molar-refractivity contribution in [2.45, 2.75) is 82.7 Å². The number of hydrogen-bond acceptors (Lipinski definition) is 4. The summed E-state index contributed by atoms with van der Waals surface area (Å²) in [4.78, 5) is 56.9. The number of carbonyl (C=O) groups excluding carboxylic acids is 4. The number of Topliss-reactive ketones (excluding diaryl/α,β-unsaturated/α-hetero) is 1. The number of H-pyrrole nitrogens is 1. The van der Waals surface area contributed by atoms with Crippen molar-refractivity contribution in [1.82, 2.24) is 15.2 Å². The largest absolute Gasteiger partial charge is 0.368 e. The minimum absolute atomic E-state index is 0.104. The standard InChI is InChI=1S/C28H35ClN4O4/c29-19-9-8-17-12-22(31-20(17)14-19)27(37)33-16-28(10-4-1-5-11-28)15-23(33)26(36)32-21(25(30)35)13-18-6-2-3-7-24(18)34/h8-9,12,14,18,21,23,31H,1-7,10-11,13,15-16H2,(H2,30,35)(H,32,36)/t18-,21-,23?/m0/s1. The SMILES string of the molecule is NC(=O)[C@H](C[C@@H]1CCCCC1=O)NC(=O)C1CC2(CCCCC2)CN1C(=O)c1cc2ccc(Cl)cc2[nH]1. The Hall–Kier alpha value is -2.87. The number of fused-ring (bicyclic) bond motifs is 1. The van der Waals surface area contributed by atoms with Crippen LogP contribution in [0.1, 0.15) is 81.1 Å². The first-order valence-electron chi connectivity index (χ1n) is 13.5. The number of aromatic amines is 1. The number of rotatable bonds is 6. The second-order valence-electron chi connectivity index (χ2n) is 11.2. The molecule has 3 fully saturated rings. The van der Waals surface area contributed by atoms with E-state index in [9.17, 15) is 19.2 Å². The molecule has 0 radical (unpaired) electrons. The van der Waals surface area contributed by atoms with Gasteiger partial charge in [-0.25, -0.2) is 0 Å². The molecule has 8 nitrogen and oxygen atoms in total. The number of benzene rings is 1. The minimum Gasteiger partial charge on any atom is -0.368 e. The number of amides is 3. The van der Waals surface area contributed by atoms with Crippen LogP contribution in [0.2, 0.25) is 5.02 Å². The zero-order valence-electron chi connectivity index (χ0n) is 21.1. The van der Waals surface area contributed by atoms with Gasteiger partial charge in [0, 0.05) is 34.8 Å². The highest BCUT2D eigenvalue weighted by atomic mass is 35.5. The van der Waals surface area contributed by atoms with Gasteiger partial charge in [-0.3, -0.25) is 19.2 Å². The number of likely N-dealkylation sites (tertiary alicyclic amines) is 1. The molecule has 4 N–H and O–H groups in total. The van der Waals surface area contributed by atoms with E-state index < -0.39 is 18.0 Å². The van der Waals surface area contributed by atoms with Crippen LogP contribution in [0, 0.1) is 11.3 Å². The Bertz CT molecular complexity index is 1220. The Balaban J connectivity index is 1.38. The predicted octanol–water partition coefficient (Wildman–Crippen LogP) is 4.11. The molecule has 2 heterocycles. The monoisotopic (exact) mass is 526 g/mol. The summed E-state index contributed by atoms with van der Waals surface area (Å²) in [5.41, 5.74) is 6.72. The lowest BCUT2D eigenvalue weighted by Crippen LogP contribution is -2.53. The molecule has 3 atom stereocenters. The number of primary amides is 1. The first kappa shape index (κ1) is 25.8. The fraction of sp³-hybridized carbons (Fsp3) is 0.571. The van der Waals surface area contributed by atoms with E-state index >= 15 is 0 Å². The average Bonchev–Trinajstić information content (AvgIpc) is 3.46. The van der Waals surface area contributed by atoms with Crippen molar-refractivity contribution in [3.63, 3.8) is 0 Å². The van der Waals surface area contributed by atoms with E-state index in [-0.39, 0.29) is 35.4 Å². The van der Waals surface area contributed by atoms with Gasteiger partial charge >= 0.3 is 0 Å². The quantitative estimate of drug-likeness (QED) is 0.523. The molecule has 1 spiro atoms. The summed E-state index contributed by atoms with van der Waals surface area (Å²) in [5.74, 6) is -1.40. The smallest absolute Gasteiger partial charge is 0.271 e. The molecule has 2 aromatic rings. The Labute approximate surface area is 221 Å². The Morgan fingerprint density at radius 1 is 1.14 bits per heavy atom. The van der Waals surface area contributed by atoms with Crippen LogP contribution >= 0.6 is 11.6 Å². The topological polar surface area (TPSA) is 125 Å². The summed E-state index contributed by atoms with van der Waals surface area (Å²) in [6.07, 6.45) is 9.05. The molecule has 1 unspecified atom stereocenters. The van der Waals surface area contributed by atoms with E-state index in [1.807, 2.05) is 6.07 Å². The Kier molecular flexibility index (Phi) is 7.30. The first-order chi connectivity index (χ1) is 17.7. The molecule has 1 aliphatic heterocycles. The van der Waals surface area contributed by atoms with Gasteiger partial charge in [0.15, 0.2) is 0 Å². The van der Waals surface area contributed by atoms with E-state index in [1.165, 1.54) is 0 Å². The van der Waals surface area contributed by atoms with Crippen molar-refractivity contribution >= 4 is 46.0 Å². The lowest BCUT2D eigenvalue weighted by atomic mass is 9.72. The fourth-order valence-electron chi connectivity index (χ4n) is 6.64. The third kappa shape index (κ3) is 5.40. The number of aromatic nitrogens is 1. The molecule has 2 saturated carbocycles. The number of ketones is 1. The van der Waals surface area contributed by atoms with Gasteiger partial charge in [0.2, 0.25) is 11.8 Å². The van der Waals surface area contributed by atoms with Crippen molar-refractivity contribution in [3.8, 4) is 0 Å². The van der Waals surface area contributed by atoms with Gasteiger partial charge in [0.25, 0.3) is 5.91 Å². The summed E-state index contributed by atoms with van der Waals surface area (Å²) in [6.45, 7) is 0.502. The zero-order valence-corrected chi connectivity index (χ0v) is 21.8. The van der Waals surface area contributed by atoms with Gasteiger partial charge in [-0.15, -0.1) is 0 Å². The molecule has 5 rings (SSSR count). The molecule has 1 saturated heterocycles. The number of halogens is 1. The first-order valence-corrected chi connectivity index (χ1v) is 13.8. The van der Waals surface area contributed by atoms with Gasteiger partial charge in [0.05, 0.1) is 0 Å². The van der Waals surface area contributed by atoms with Crippen LogP contribution in [-0.4, -0.2) is 52.0 Å². The molecule has 2 aliphatic carbocycles. The zero-order chi connectivity index (χ0) is 26.2. The van der Waals surface area contributed by atoms with Crippen LogP contribution in [0.3, 0.4) is 0 Å². The van der Waals surface area contributed by atoms with Crippen LogP contribution in [0.15, 0.2) is 24.3 Å². The maximum absolute atomic E-state index is 13.8. The van der Waals surface area contributed by atoms with Crippen molar-refractivity contribution in [3.05, 3.63) is 35.0 Å². The lowest BCUT2D eigenvalue weighted by Gasteiger charge is -2.32. The third-order valence-corrected chi connectivity index (χ3v) is 8.90. The van der Waals surface area contributed by atoms with Gasteiger partial charge in [0.1, 0.15) is 23.6 Å². The number of nitrogens with two attached hydrogens (primary N) is 1. The van der Waals surface area contributed by atoms with Gasteiger partial charge in [-0.05, 0) is 62.1 Å². The van der Waals surface area contributed by atoms with Crippen LogP contribution in [0.25, 0.3) is 10.9 Å². The van der Waals surface area contributed by atoms with Gasteiger partial charge < -0.3 is 20.9 Å². The van der Waals surface area contributed by atoms with Crippen LogP contribution in [-0.2, 0) is 14.4 Å². The molecule has 3 aliphatic rings. The summed E-state index contributed by atoms with van der Waals surface area (Å²) >= 11 is 6.12. The number of hydrogen-bond donors (Lipinski definition) is 3. The fourth-order valence-corrected chi connectivity index (χ4v) is 6.81. The molecule has 9 heteroatoms. The van der Waals surface area contributed by atoms with Crippen LogP contribution < -0.4 is 11.1 Å². The summed E-state index contributed by atoms with van der Waals surface area (Å²) in [7, 11) is 0. The number of carbonyl (C=O) groups is 4. The Morgan fingerprint density at radius 3 is 2.65 bits per heavy atom. The van der Waals surface area contributed by atoms with Crippen molar-refractivity contribution < 1.29 is 19.2 Å². The van der Waals surface area contributed by atoms with E-state index in [0.29, 0.717) is 36.5 Å². The molecular weight excluding hydrogens is 492 g/mol. The molecule has 1 aromatic carbocycles. The van der Waals surface area contributed by atoms with Gasteiger partial charge in [-0.1, -0.05) is 43.4 Å². The van der Waals surface area contributed by atoms with Crippen LogP contribution in [0.4, 0.5) is 0 Å². The second-order valence-corrected chi connectivity index (χ2v) is 11.7. The average molecular weight is 527 g/mol. The molecular formula is C28H35ClN4O4. The summed E-state index contributed by atoms with van der Waals surface area (Å²) < 4.78 is 0. The summed E-state index contributed by atoms with van der Waals surface area (Å²) in [5, 5.41) is 4.27. The maximum atomic E-state index is 13.8. The molecule has 198 valence electrons. The highest BCUT2D eigenvalue weighted by Gasteiger charge is 2.49. The summed E-state index contributed by atoms with van der Waals surface area (Å²) in [6, 6.07) is 5.55. The Morgan fingerprint density at radius 2 is 1.92 bits per heavy atom. The van der Waals surface area contributed by atoms with E-state index in [4.69, 9.17) is 17.3 Å². The van der Waals surface area contributed by atoms with Crippen molar-refractivity contribution in [1.29, 1.82) is 0 Å². The van der Waals surface area contributed by atoms with E-state index in [0.717, 1.165) is 55.8 Å². The predicted molar refractivity (Wildman–Crippen MR) is 141 cm³/mol. The van der Waals surface area contributed by atoms with E-state index in [1.54, 1.807) is 23.1 Å². The number of nitrogens with one attached hydrogen (secondary N) is 2. The van der Waals surface area contributed by atoms with Crippen molar-refractivity contribution in [2.75, 3.05) is 6.54 Å². The highest BCUT2D eigenvalue weighted by molar-refractivity contribution is 6.31. The second kappa shape index (κ2) is 10.5. The normalized spacial score (nSPS) is 24.4. The third-order valence-electron chi connectivity index (χ3n) is 8.66. The van der Waals surface area contributed by atoms with Crippen molar-refractivity contribution in [2.24, 2.45) is 17.1 Å². The molecule has 37 heavy (non-hydrogen) atoms. The highest BCUT2D eigenvalue weighted by Crippen LogP contribution is 2.46. The maximum Gasteiger partial charge on any atom is 0.271 e.